The van der Waals surface area contributed by atoms with Gasteiger partial charge in [0.1, 0.15) is 0 Å². The fraction of sp³-hybridized carbons (Fsp3) is 0.263. The van der Waals surface area contributed by atoms with Crippen LogP contribution in [-0.2, 0) is 11.3 Å². The van der Waals surface area contributed by atoms with Crippen molar-refractivity contribution in [1.29, 1.82) is 0 Å². The summed E-state index contributed by atoms with van der Waals surface area (Å²) in [7, 11) is 1.69. The average Bonchev–Trinajstić information content (AvgIpc) is 3.03. The summed E-state index contributed by atoms with van der Waals surface area (Å²) >= 11 is 14.0. The second kappa shape index (κ2) is 8.91. The van der Waals surface area contributed by atoms with E-state index in [-0.39, 0.29) is 5.25 Å². The number of aromatic nitrogens is 3. The molecule has 4 nitrogen and oxygen atoms in total. The number of thioether (sulfide) groups is 1. The van der Waals surface area contributed by atoms with Crippen molar-refractivity contribution < 1.29 is 4.74 Å². The van der Waals surface area contributed by atoms with E-state index in [2.05, 4.69) is 21.7 Å². The van der Waals surface area contributed by atoms with Gasteiger partial charge < -0.3 is 4.74 Å². The fourth-order valence-corrected chi connectivity index (χ4v) is 4.13. The largest absolute Gasteiger partial charge is 0.383 e. The Labute approximate surface area is 167 Å². The maximum absolute atomic E-state index is 6.34. The van der Waals surface area contributed by atoms with E-state index >= 15 is 0 Å². The molecule has 0 saturated heterocycles. The molecule has 1 heterocycles. The molecule has 0 aliphatic rings. The lowest BCUT2D eigenvalue weighted by molar-refractivity contribution is 0.185. The summed E-state index contributed by atoms with van der Waals surface area (Å²) in [6.07, 6.45) is 0. The summed E-state index contributed by atoms with van der Waals surface area (Å²) in [5, 5.41) is 11.2. The Kier molecular flexibility index (Phi) is 6.59. The maximum Gasteiger partial charge on any atom is 0.192 e. The summed E-state index contributed by atoms with van der Waals surface area (Å²) in [6.45, 7) is 3.36. The molecule has 1 aromatic heterocycles. The molecule has 3 rings (SSSR count). The first-order chi connectivity index (χ1) is 12.6. The van der Waals surface area contributed by atoms with E-state index in [4.69, 9.17) is 27.9 Å². The molecule has 0 radical (unpaired) electrons. The van der Waals surface area contributed by atoms with Crippen LogP contribution in [0.4, 0.5) is 0 Å². The van der Waals surface area contributed by atoms with Crippen molar-refractivity contribution in [2.24, 2.45) is 0 Å². The molecule has 0 bridgehead atoms. The molecule has 2 aromatic carbocycles. The molecular formula is C19H19Cl2N3OS. The van der Waals surface area contributed by atoms with Gasteiger partial charge in [-0.05, 0) is 42.8 Å². The van der Waals surface area contributed by atoms with Crippen molar-refractivity contribution in [3.8, 4) is 11.4 Å². The molecule has 0 unspecified atom stereocenters. The lowest BCUT2D eigenvalue weighted by Crippen LogP contribution is -2.08. The number of nitrogens with zero attached hydrogens (tertiary/aromatic N) is 3. The van der Waals surface area contributed by atoms with Gasteiger partial charge in [0, 0.05) is 28.0 Å². The third kappa shape index (κ3) is 4.41. The van der Waals surface area contributed by atoms with Crippen LogP contribution in [0.2, 0.25) is 10.0 Å². The van der Waals surface area contributed by atoms with Crippen molar-refractivity contribution >= 4 is 35.0 Å². The lowest BCUT2D eigenvalue weighted by atomic mass is 10.2. The molecule has 1 atom stereocenters. The number of methoxy groups -OCH3 is 1. The van der Waals surface area contributed by atoms with Crippen LogP contribution in [0.3, 0.4) is 0 Å². The summed E-state index contributed by atoms with van der Waals surface area (Å²) in [4.78, 5) is 0. The molecule has 0 aliphatic carbocycles. The smallest absolute Gasteiger partial charge is 0.192 e. The van der Waals surface area contributed by atoms with E-state index in [0.717, 1.165) is 27.1 Å². The predicted octanol–water partition coefficient (Wildman–Crippen LogP) is 5.75. The van der Waals surface area contributed by atoms with Gasteiger partial charge in [-0.15, -0.1) is 10.2 Å². The minimum absolute atomic E-state index is 0.146. The van der Waals surface area contributed by atoms with E-state index in [1.165, 1.54) is 0 Å². The SMILES string of the molecule is COCCn1c(S[C@@H](C)c2ccccc2Cl)nnc1-c1ccc(Cl)cc1. The van der Waals surface area contributed by atoms with E-state index in [1.54, 1.807) is 18.9 Å². The molecule has 0 spiro atoms. The van der Waals surface area contributed by atoms with Gasteiger partial charge in [-0.1, -0.05) is 53.2 Å². The van der Waals surface area contributed by atoms with Gasteiger partial charge in [0.15, 0.2) is 11.0 Å². The van der Waals surface area contributed by atoms with Gasteiger partial charge in [-0.3, -0.25) is 4.57 Å². The van der Waals surface area contributed by atoms with Crippen molar-refractivity contribution in [3.63, 3.8) is 0 Å². The second-order valence-electron chi connectivity index (χ2n) is 5.74. The van der Waals surface area contributed by atoms with E-state index in [1.807, 2.05) is 48.5 Å². The highest BCUT2D eigenvalue weighted by Gasteiger charge is 2.18. The molecule has 7 heteroatoms. The number of rotatable bonds is 7. The number of benzene rings is 2. The fourth-order valence-electron chi connectivity index (χ4n) is 2.60. The van der Waals surface area contributed by atoms with Gasteiger partial charge in [0.05, 0.1) is 13.2 Å². The van der Waals surface area contributed by atoms with Crippen LogP contribution in [0.25, 0.3) is 11.4 Å². The van der Waals surface area contributed by atoms with Crippen LogP contribution in [-0.4, -0.2) is 28.5 Å². The quantitative estimate of drug-likeness (QED) is 0.467. The van der Waals surface area contributed by atoms with Crippen LogP contribution < -0.4 is 0 Å². The van der Waals surface area contributed by atoms with Gasteiger partial charge in [-0.2, -0.15) is 0 Å². The monoisotopic (exact) mass is 407 g/mol. The Morgan fingerprint density at radius 1 is 1.08 bits per heavy atom. The Balaban J connectivity index is 1.91. The molecule has 3 aromatic rings. The number of hydrogen-bond acceptors (Lipinski definition) is 4. The molecular weight excluding hydrogens is 389 g/mol. The maximum atomic E-state index is 6.34. The lowest BCUT2D eigenvalue weighted by Gasteiger charge is -2.14. The van der Waals surface area contributed by atoms with Crippen LogP contribution in [0.15, 0.2) is 53.7 Å². The first kappa shape index (κ1) is 19.2. The molecule has 26 heavy (non-hydrogen) atoms. The Morgan fingerprint density at radius 2 is 1.81 bits per heavy atom. The Morgan fingerprint density at radius 3 is 2.50 bits per heavy atom. The average molecular weight is 408 g/mol. The molecule has 0 N–H and O–H groups in total. The van der Waals surface area contributed by atoms with Crippen LogP contribution >= 0.6 is 35.0 Å². The Bertz CT molecular complexity index is 867. The van der Waals surface area contributed by atoms with Gasteiger partial charge in [0.25, 0.3) is 0 Å². The summed E-state index contributed by atoms with van der Waals surface area (Å²) in [6, 6.07) is 15.5. The topological polar surface area (TPSA) is 39.9 Å². The van der Waals surface area contributed by atoms with Crippen molar-refractivity contribution in [1.82, 2.24) is 14.8 Å². The van der Waals surface area contributed by atoms with Gasteiger partial charge in [-0.25, -0.2) is 0 Å². The zero-order valence-corrected chi connectivity index (χ0v) is 16.9. The van der Waals surface area contributed by atoms with E-state index in [0.29, 0.717) is 18.2 Å². The number of halogens is 2. The van der Waals surface area contributed by atoms with E-state index in [9.17, 15) is 0 Å². The van der Waals surface area contributed by atoms with Crippen LogP contribution in [0.5, 0.6) is 0 Å². The Hall–Kier alpha value is -1.53. The number of hydrogen-bond donors (Lipinski definition) is 0. The van der Waals surface area contributed by atoms with Gasteiger partial charge in [0.2, 0.25) is 0 Å². The standard InChI is InChI=1S/C19H19Cl2N3OS/c1-13(16-5-3-4-6-17(16)21)26-19-23-22-18(24(19)11-12-25-2)14-7-9-15(20)10-8-14/h3-10,13H,11-12H2,1-2H3/t13-/m0/s1. The number of ether oxygens (including phenoxy) is 1. The normalized spacial score (nSPS) is 12.3. The van der Waals surface area contributed by atoms with Crippen LogP contribution in [0, 0.1) is 0 Å². The molecule has 136 valence electrons. The van der Waals surface area contributed by atoms with Gasteiger partial charge >= 0.3 is 0 Å². The van der Waals surface area contributed by atoms with Crippen molar-refractivity contribution in [3.05, 3.63) is 64.1 Å². The third-order valence-electron chi connectivity index (χ3n) is 3.96. The highest BCUT2D eigenvalue weighted by Crippen LogP contribution is 2.38. The zero-order valence-electron chi connectivity index (χ0n) is 14.5. The third-order valence-corrected chi connectivity index (χ3v) is 5.68. The van der Waals surface area contributed by atoms with Crippen molar-refractivity contribution in [2.45, 2.75) is 23.9 Å². The predicted molar refractivity (Wildman–Crippen MR) is 108 cm³/mol. The zero-order chi connectivity index (χ0) is 18.5. The van der Waals surface area contributed by atoms with Crippen LogP contribution in [0.1, 0.15) is 17.7 Å². The summed E-state index contributed by atoms with van der Waals surface area (Å²) in [5.74, 6) is 0.799. The highest BCUT2D eigenvalue weighted by atomic mass is 35.5. The molecule has 0 aliphatic heterocycles. The highest BCUT2D eigenvalue weighted by molar-refractivity contribution is 7.99. The molecule has 0 saturated carbocycles. The molecule has 0 amide bonds. The minimum atomic E-state index is 0.146. The summed E-state index contributed by atoms with van der Waals surface area (Å²) < 4.78 is 7.34. The second-order valence-corrected chi connectivity index (χ2v) is 7.89. The summed E-state index contributed by atoms with van der Waals surface area (Å²) in [5.41, 5.74) is 2.05. The first-order valence-electron chi connectivity index (χ1n) is 8.19. The molecule has 0 fully saturated rings. The minimum Gasteiger partial charge on any atom is -0.383 e. The first-order valence-corrected chi connectivity index (χ1v) is 9.83. The van der Waals surface area contributed by atoms with E-state index < -0.39 is 0 Å². The van der Waals surface area contributed by atoms with Crippen molar-refractivity contribution in [2.75, 3.05) is 13.7 Å².